The van der Waals surface area contributed by atoms with E-state index >= 15 is 0 Å². The lowest BCUT2D eigenvalue weighted by molar-refractivity contribution is -0.147. The molecule has 1 amide bonds. The lowest BCUT2D eigenvalue weighted by Crippen LogP contribution is -2.47. The summed E-state index contributed by atoms with van der Waals surface area (Å²) in [4.78, 5) is 35.0. The summed E-state index contributed by atoms with van der Waals surface area (Å²) in [6.07, 6.45) is 0.703. The first-order valence-corrected chi connectivity index (χ1v) is 7.50. The van der Waals surface area contributed by atoms with Gasteiger partial charge in [-0.1, -0.05) is 20.3 Å². The topological polar surface area (TPSA) is 81.7 Å². The second kappa shape index (κ2) is 8.41. The van der Waals surface area contributed by atoms with Gasteiger partial charge in [0.2, 0.25) is 0 Å². The van der Waals surface area contributed by atoms with Gasteiger partial charge in [-0.15, -0.1) is 0 Å². The highest BCUT2D eigenvalue weighted by Crippen LogP contribution is 2.10. The van der Waals surface area contributed by atoms with Gasteiger partial charge in [0.1, 0.15) is 6.04 Å². The average molecular weight is 313 g/mol. The minimum Gasteiger partial charge on any atom is -0.467 e. The Morgan fingerprint density at radius 3 is 2.62 bits per heavy atom. The van der Waals surface area contributed by atoms with Crippen LogP contribution in [0.25, 0.3) is 0 Å². The molecule has 1 aromatic heterocycles. The standard InChI is InChI=1S/C14H19NO5S/c1-4-9(2)12(14(18)19-3)15-11(16)7-20-13(17)10-5-6-21-8-10/h5-6,8-9,12H,4,7H2,1-3H3,(H,15,16). The van der Waals surface area contributed by atoms with Crippen molar-refractivity contribution >= 4 is 29.2 Å². The van der Waals surface area contributed by atoms with Crippen molar-refractivity contribution in [2.45, 2.75) is 26.3 Å². The van der Waals surface area contributed by atoms with E-state index in [-0.39, 0.29) is 5.92 Å². The number of methoxy groups -OCH3 is 1. The summed E-state index contributed by atoms with van der Waals surface area (Å²) in [7, 11) is 1.26. The van der Waals surface area contributed by atoms with Crippen LogP contribution in [0.3, 0.4) is 0 Å². The van der Waals surface area contributed by atoms with Crippen molar-refractivity contribution in [3.8, 4) is 0 Å². The van der Waals surface area contributed by atoms with Crippen molar-refractivity contribution in [2.24, 2.45) is 5.92 Å². The Hall–Kier alpha value is -1.89. The minimum absolute atomic E-state index is 0.0750. The molecule has 0 aromatic carbocycles. The molecule has 0 spiro atoms. The molecule has 21 heavy (non-hydrogen) atoms. The van der Waals surface area contributed by atoms with E-state index in [2.05, 4.69) is 10.1 Å². The fourth-order valence-corrected chi connectivity index (χ4v) is 2.23. The van der Waals surface area contributed by atoms with Crippen LogP contribution < -0.4 is 5.32 Å². The summed E-state index contributed by atoms with van der Waals surface area (Å²) in [5, 5.41) is 5.91. The molecule has 0 fully saturated rings. The SMILES string of the molecule is CCC(C)C(NC(=O)COC(=O)c1ccsc1)C(=O)OC. The highest BCUT2D eigenvalue weighted by Gasteiger charge is 2.26. The molecule has 1 rings (SSSR count). The number of amides is 1. The fraction of sp³-hybridized carbons (Fsp3) is 0.500. The fourth-order valence-electron chi connectivity index (χ4n) is 1.61. The molecule has 1 N–H and O–H groups in total. The predicted molar refractivity (Wildman–Crippen MR) is 78.0 cm³/mol. The molecule has 1 aromatic rings. The van der Waals surface area contributed by atoms with Crippen LogP contribution in [-0.2, 0) is 19.1 Å². The number of ether oxygens (including phenoxy) is 2. The summed E-state index contributed by atoms with van der Waals surface area (Å²) >= 11 is 1.36. The summed E-state index contributed by atoms with van der Waals surface area (Å²) in [5.41, 5.74) is 0.402. The quantitative estimate of drug-likeness (QED) is 0.773. The molecule has 1 heterocycles. The molecular formula is C14H19NO5S. The van der Waals surface area contributed by atoms with Crippen LogP contribution >= 0.6 is 11.3 Å². The van der Waals surface area contributed by atoms with E-state index in [0.29, 0.717) is 12.0 Å². The number of nitrogens with one attached hydrogen (secondary N) is 1. The molecule has 0 radical (unpaired) electrons. The van der Waals surface area contributed by atoms with Gasteiger partial charge in [0.05, 0.1) is 12.7 Å². The van der Waals surface area contributed by atoms with Gasteiger partial charge in [-0.2, -0.15) is 11.3 Å². The normalized spacial score (nSPS) is 13.1. The molecule has 0 aliphatic carbocycles. The molecule has 0 aliphatic rings. The number of hydrogen-bond acceptors (Lipinski definition) is 6. The molecule has 0 saturated carbocycles. The van der Waals surface area contributed by atoms with Crippen LogP contribution in [0, 0.1) is 5.92 Å². The summed E-state index contributed by atoms with van der Waals surface area (Å²) < 4.78 is 9.54. The third-order valence-corrected chi connectivity index (χ3v) is 3.76. The van der Waals surface area contributed by atoms with Gasteiger partial charge in [0, 0.05) is 5.38 Å². The molecule has 7 heteroatoms. The largest absolute Gasteiger partial charge is 0.467 e. The first kappa shape index (κ1) is 17.2. The number of carbonyl (C=O) groups excluding carboxylic acids is 3. The predicted octanol–water partition coefficient (Wildman–Crippen LogP) is 1.61. The molecule has 0 bridgehead atoms. The van der Waals surface area contributed by atoms with E-state index in [0.717, 1.165) is 0 Å². The third kappa shape index (κ3) is 5.18. The number of carbonyl (C=O) groups is 3. The van der Waals surface area contributed by atoms with Crippen LogP contribution in [0.5, 0.6) is 0 Å². The van der Waals surface area contributed by atoms with Crippen molar-refractivity contribution in [3.63, 3.8) is 0 Å². The first-order valence-electron chi connectivity index (χ1n) is 6.56. The number of hydrogen-bond donors (Lipinski definition) is 1. The van der Waals surface area contributed by atoms with Crippen molar-refractivity contribution in [2.75, 3.05) is 13.7 Å². The van der Waals surface area contributed by atoms with Crippen molar-refractivity contribution in [1.29, 1.82) is 0 Å². The maximum atomic E-state index is 11.8. The van der Waals surface area contributed by atoms with Crippen LogP contribution in [0.1, 0.15) is 30.6 Å². The number of thiophene rings is 1. The van der Waals surface area contributed by atoms with E-state index in [4.69, 9.17) is 4.74 Å². The van der Waals surface area contributed by atoms with E-state index < -0.39 is 30.5 Å². The van der Waals surface area contributed by atoms with Crippen LogP contribution in [0.15, 0.2) is 16.8 Å². The lowest BCUT2D eigenvalue weighted by Gasteiger charge is -2.21. The van der Waals surface area contributed by atoms with E-state index in [1.165, 1.54) is 18.4 Å². The van der Waals surface area contributed by atoms with E-state index in [9.17, 15) is 14.4 Å². The van der Waals surface area contributed by atoms with Gasteiger partial charge >= 0.3 is 11.9 Å². The Morgan fingerprint density at radius 2 is 2.10 bits per heavy atom. The molecule has 2 unspecified atom stereocenters. The smallest absolute Gasteiger partial charge is 0.339 e. The zero-order valence-corrected chi connectivity index (χ0v) is 13.1. The molecule has 0 saturated heterocycles. The first-order chi connectivity index (χ1) is 9.99. The number of rotatable bonds is 7. The van der Waals surface area contributed by atoms with Crippen LogP contribution in [0.4, 0.5) is 0 Å². The maximum absolute atomic E-state index is 11.8. The summed E-state index contributed by atoms with van der Waals surface area (Å²) in [5.74, 6) is -1.69. The zero-order valence-electron chi connectivity index (χ0n) is 12.3. The van der Waals surface area contributed by atoms with Crippen molar-refractivity contribution < 1.29 is 23.9 Å². The molecule has 2 atom stereocenters. The maximum Gasteiger partial charge on any atom is 0.339 e. The third-order valence-electron chi connectivity index (χ3n) is 3.08. The minimum atomic E-state index is -0.743. The van der Waals surface area contributed by atoms with Gasteiger partial charge in [0.15, 0.2) is 6.61 Å². The van der Waals surface area contributed by atoms with Crippen molar-refractivity contribution in [3.05, 3.63) is 22.4 Å². The molecule has 0 aliphatic heterocycles. The second-order valence-corrected chi connectivity index (χ2v) is 5.32. The Labute approximate surface area is 127 Å². The zero-order chi connectivity index (χ0) is 15.8. The Morgan fingerprint density at radius 1 is 1.38 bits per heavy atom. The molecular weight excluding hydrogens is 294 g/mol. The summed E-state index contributed by atoms with van der Waals surface area (Å²) in [6.45, 7) is 3.31. The summed E-state index contributed by atoms with van der Waals surface area (Å²) in [6, 6.07) is 0.869. The Balaban J connectivity index is 2.50. The van der Waals surface area contributed by atoms with Gasteiger partial charge in [-0.25, -0.2) is 9.59 Å². The average Bonchev–Trinajstić information content (AvgIpc) is 3.03. The molecule has 116 valence electrons. The second-order valence-electron chi connectivity index (χ2n) is 4.54. The Bertz CT molecular complexity index is 486. The van der Waals surface area contributed by atoms with Gasteiger partial charge in [-0.05, 0) is 17.4 Å². The Kier molecular flexibility index (Phi) is 6.87. The van der Waals surface area contributed by atoms with Gasteiger partial charge < -0.3 is 14.8 Å². The molecule has 6 nitrogen and oxygen atoms in total. The number of esters is 2. The lowest BCUT2D eigenvalue weighted by atomic mass is 9.99. The van der Waals surface area contributed by atoms with E-state index in [1.807, 2.05) is 13.8 Å². The van der Waals surface area contributed by atoms with Crippen LogP contribution in [0.2, 0.25) is 0 Å². The van der Waals surface area contributed by atoms with Gasteiger partial charge in [-0.3, -0.25) is 4.79 Å². The van der Waals surface area contributed by atoms with Gasteiger partial charge in [0.25, 0.3) is 5.91 Å². The van der Waals surface area contributed by atoms with Crippen LogP contribution in [-0.4, -0.2) is 37.6 Å². The highest BCUT2D eigenvalue weighted by molar-refractivity contribution is 7.08. The van der Waals surface area contributed by atoms with Crippen molar-refractivity contribution in [1.82, 2.24) is 5.32 Å². The van der Waals surface area contributed by atoms with E-state index in [1.54, 1.807) is 16.8 Å². The monoisotopic (exact) mass is 313 g/mol. The highest BCUT2D eigenvalue weighted by atomic mass is 32.1.